The van der Waals surface area contributed by atoms with E-state index < -0.39 is 17.7 Å². The van der Waals surface area contributed by atoms with Gasteiger partial charge in [-0.1, -0.05) is 54.6 Å². The lowest BCUT2D eigenvalue weighted by Gasteiger charge is -2.17. The van der Waals surface area contributed by atoms with Crippen LogP contribution in [0.2, 0.25) is 0 Å². The second kappa shape index (κ2) is 10.4. The van der Waals surface area contributed by atoms with Crippen LogP contribution in [-0.2, 0) is 17.4 Å². The van der Waals surface area contributed by atoms with Crippen molar-refractivity contribution in [2.45, 2.75) is 19.5 Å². The molecule has 5 aromatic rings. The van der Waals surface area contributed by atoms with Gasteiger partial charge in [-0.3, -0.25) is 9.78 Å². The molecule has 0 unspecified atom stereocenters. The van der Waals surface area contributed by atoms with Gasteiger partial charge in [0, 0.05) is 18.5 Å². The topological polar surface area (TPSA) is 48.4 Å². The first kappa shape index (κ1) is 25.0. The highest BCUT2D eigenvalue weighted by molar-refractivity contribution is 5.98. The van der Waals surface area contributed by atoms with E-state index >= 15 is 0 Å². The van der Waals surface area contributed by atoms with E-state index in [0.29, 0.717) is 40.2 Å². The summed E-state index contributed by atoms with van der Waals surface area (Å²) in [5.74, 6) is 0.996. The molecule has 0 saturated carbocycles. The molecule has 190 valence electrons. The van der Waals surface area contributed by atoms with Gasteiger partial charge in [0.25, 0.3) is 0 Å². The second-order valence-corrected chi connectivity index (χ2v) is 8.72. The van der Waals surface area contributed by atoms with Crippen molar-refractivity contribution in [2.75, 3.05) is 0 Å². The van der Waals surface area contributed by atoms with Crippen LogP contribution in [0.15, 0.2) is 103 Å². The molecule has 0 atom stereocenters. The Morgan fingerprint density at radius 1 is 0.816 bits per heavy atom. The number of ether oxygens (including phenoxy) is 2. The first-order valence-electron chi connectivity index (χ1n) is 11.9. The molecule has 0 aliphatic rings. The van der Waals surface area contributed by atoms with E-state index in [-0.39, 0.29) is 5.52 Å². The molecule has 4 aromatic carbocycles. The zero-order valence-corrected chi connectivity index (χ0v) is 20.3. The van der Waals surface area contributed by atoms with Gasteiger partial charge in [0.15, 0.2) is 0 Å². The van der Waals surface area contributed by atoms with Crippen LogP contribution >= 0.6 is 0 Å². The number of hydrogen-bond donors (Lipinski definition) is 0. The zero-order chi connectivity index (χ0) is 26.7. The van der Waals surface area contributed by atoms with Gasteiger partial charge in [-0.2, -0.15) is 13.2 Å². The number of esters is 1. The predicted molar refractivity (Wildman–Crippen MR) is 139 cm³/mol. The minimum absolute atomic E-state index is 0.0980. The van der Waals surface area contributed by atoms with E-state index in [1.807, 2.05) is 36.4 Å². The number of pyridine rings is 1. The second-order valence-electron chi connectivity index (χ2n) is 8.72. The van der Waals surface area contributed by atoms with Crippen molar-refractivity contribution >= 4 is 16.9 Å². The first-order valence-corrected chi connectivity index (χ1v) is 11.9. The van der Waals surface area contributed by atoms with Gasteiger partial charge in [-0.05, 0) is 71.1 Å². The largest absolute Gasteiger partial charge is 0.457 e. The summed E-state index contributed by atoms with van der Waals surface area (Å²) in [7, 11) is 0. The number of para-hydroxylation sites is 1. The van der Waals surface area contributed by atoms with Crippen molar-refractivity contribution in [2.24, 2.45) is 0 Å². The summed E-state index contributed by atoms with van der Waals surface area (Å²) in [6, 6.07) is 27.6. The van der Waals surface area contributed by atoms with E-state index in [1.165, 1.54) is 19.2 Å². The van der Waals surface area contributed by atoms with Crippen LogP contribution in [0.3, 0.4) is 0 Å². The van der Waals surface area contributed by atoms with Gasteiger partial charge in [0.2, 0.25) is 0 Å². The number of benzene rings is 4. The monoisotopic (exact) mass is 513 g/mol. The lowest BCUT2D eigenvalue weighted by atomic mass is 9.92. The number of aromatic nitrogens is 1. The van der Waals surface area contributed by atoms with Crippen molar-refractivity contribution in [3.63, 3.8) is 0 Å². The van der Waals surface area contributed by atoms with Crippen molar-refractivity contribution in [1.82, 2.24) is 4.98 Å². The van der Waals surface area contributed by atoms with E-state index in [4.69, 9.17) is 9.47 Å². The fraction of sp³-hybridized carbons (Fsp3) is 0.0968. The minimum Gasteiger partial charge on any atom is -0.457 e. The van der Waals surface area contributed by atoms with Gasteiger partial charge >= 0.3 is 12.1 Å². The molecule has 0 N–H and O–H groups in total. The van der Waals surface area contributed by atoms with Crippen molar-refractivity contribution < 1.29 is 27.4 Å². The molecule has 0 aliphatic carbocycles. The van der Waals surface area contributed by atoms with Crippen LogP contribution in [0.1, 0.15) is 23.6 Å². The normalized spacial score (nSPS) is 11.4. The lowest BCUT2D eigenvalue weighted by molar-refractivity contribution is -0.136. The Balaban J connectivity index is 1.59. The van der Waals surface area contributed by atoms with Gasteiger partial charge in [0.1, 0.15) is 17.2 Å². The lowest BCUT2D eigenvalue weighted by Crippen LogP contribution is -2.07. The van der Waals surface area contributed by atoms with Gasteiger partial charge in [0.05, 0.1) is 11.1 Å². The molecule has 0 amide bonds. The smallest absolute Gasteiger partial charge is 0.418 e. The van der Waals surface area contributed by atoms with Crippen molar-refractivity contribution in [1.29, 1.82) is 0 Å². The minimum atomic E-state index is -4.53. The molecule has 0 aliphatic heterocycles. The van der Waals surface area contributed by atoms with Crippen molar-refractivity contribution in [3.05, 3.63) is 120 Å². The molecule has 4 nitrogen and oxygen atoms in total. The predicted octanol–water partition coefficient (Wildman–Crippen LogP) is 8.23. The Bertz CT molecular complexity index is 1600. The summed E-state index contributed by atoms with van der Waals surface area (Å²) >= 11 is 0. The van der Waals surface area contributed by atoms with E-state index in [9.17, 15) is 18.0 Å². The molecule has 0 spiro atoms. The summed E-state index contributed by atoms with van der Waals surface area (Å²) in [4.78, 5) is 15.4. The van der Waals surface area contributed by atoms with Crippen LogP contribution in [-0.4, -0.2) is 11.0 Å². The number of alkyl halides is 3. The molecule has 1 aromatic heterocycles. The summed E-state index contributed by atoms with van der Waals surface area (Å²) < 4.78 is 52.5. The quantitative estimate of drug-likeness (QED) is 0.170. The highest BCUT2D eigenvalue weighted by Gasteiger charge is 2.33. The molecule has 7 heteroatoms. The summed E-state index contributed by atoms with van der Waals surface area (Å²) in [5, 5.41) is 0.413. The zero-order valence-electron chi connectivity index (χ0n) is 20.3. The molecule has 0 saturated heterocycles. The maximum atomic E-state index is 13.8. The fourth-order valence-corrected chi connectivity index (χ4v) is 4.38. The van der Waals surface area contributed by atoms with Crippen LogP contribution in [0.25, 0.3) is 22.0 Å². The molecule has 5 rings (SSSR count). The first-order chi connectivity index (χ1) is 18.3. The third-order valence-electron chi connectivity index (χ3n) is 5.96. The Morgan fingerprint density at radius 3 is 2.24 bits per heavy atom. The Hall–Kier alpha value is -4.65. The number of nitrogens with zero attached hydrogens (tertiary/aromatic N) is 1. The maximum Gasteiger partial charge on any atom is 0.418 e. The molecule has 0 fully saturated rings. The highest BCUT2D eigenvalue weighted by Crippen LogP contribution is 2.40. The van der Waals surface area contributed by atoms with Crippen LogP contribution in [0.5, 0.6) is 17.2 Å². The number of carbonyl (C=O) groups excluding carboxylic acids is 1. The third kappa shape index (κ3) is 5.52. The Kier molecular flexibility index (Phi) is 6.83. The number of fused-ring (bicyclic) bond motifs is 1. The molecule has 1 heterocycles. The van der Waals surface area contributed by atoms with Crippen LogP contribution in [0, 0.1) is 0 Å². The average molecular weight is 514 g/mol. The Morgan fingerprint density at radius 2 is 1.53 bits per heavy atom. The van der Waals surface area contributed by atoms with E-state index in [0.717, 1.165) is 17.2 Å². The van der Waals surface area contributed by atoms with Crippen molar-refractivity contribution in [3.8, 4) is 28.4 Å². The SMILES string of the molecule is CC(=O)Oc1ccc(Oc2cccc(-c3c(Cc4ccccc4)cnc4c(C(F)(F)F)cccc34)c2)cc1. The van der Waals surface area contributed by atoms with E-state index in [1.54, 1.807) is 48.5 Å². The number of halogens is 3. The molecular weight excluding hydrogens is 491 g/mol. The molecule has 0 radical (unpaired) electrons. The molecule has 0 bridgehead atoms. The fourth-order valence-electron chi connectivity index (χ4n) is 4.38. The van der Waals surface area contributed by atoms with E-state index in [2.05, 4.69) is 4.98 Å². The third-order valence-corrected chi connectivity index (χ3v) is 5.96. The van der Waals surface area contributed by atoms with Gasteiger partial charge in [-0.25, -0.2) is 0 Å². The average Bonchev–Trinajstić information content (AvgIpc) is 2.89. The van der Waals surface area contributed by atoms with Gasteiger partial charge in [-0.15, -0.1) is 0 Å². The maximum absolute atomic E-state index is 13.8. The summed E-state index contributed by atoms with van der Waals surface area (Å²) in [6.45, 7) is 1.32. The van der Waals surface area contributed by atoms with Crippen LogP contribution < -0.4 is 9.47 Å². The summed E-state index contributed by atoms with van der Waals surface area (Å²) in [6.07, 6.45) is -2.51. The number of hydrogen-bond acceptors (Lipinski definition) is 4. The number of carbonyl (C=O) groups is 1. The standard InChI is InChI=1S/C31H22F3NO3/c1-20(36)37-24-13-15-25(16-14-24)38-26-10-5-9-22(18-26)29-23(17-21-7-3-2-4-8-21)19-35-30-27(29)11-6-12-28(30)31(32,33)34/h2-16,18-19H,17H2,1H3. The summed E-state index contributed by atoms with van der Waals surface area (Å²) in [5.41, 5.74) is 2.31. The highest BCUT2D eigenvalue weighted by atomic mass is 19.4. The Labute approximate surface area is 217 Å². The molecule has 38 heavy (non-hydrogen) atoms. The van der Waals surface area contributed by atoms with Crippen LogP contribution in [0.4, 0.5) is 13.2 Å². The number of rotatable bonds is 6. The van der Waals surface area contributed by atoms with Gasteiger partial charge < -0.3 is 9.47 Å². The molecular formula is C31H22F3NO3.